The van der Waals surface area contributed by atoms with Crippen LogP contribution < -0.4 is 11.1 Å². The van der Waals surface area contributed by atoms with E-state index >= 15 is 0 Å². The van der Waals surface area contributed by atoms with Crippen LogP contribution in [-0.4, -0.2) is 16.1 Å². The molecular formula is C15H11FIN3O3. The fourth-order valence-corrected chi connectivity index (χ4v) is 2.84. The van der Waals surface area contributed by atoms with E-state index in [1.807, 2.05) is 18.2 Å². The second-order valence-corrected chi connectivity index (χ2v) is 5.98. The largest absolute Gasteiger partial charge is 0.478 e. The first-order valence-corrected chi connectivity index (χ1v) is 7.65. The summed E-state index contributed by atoms with van der Waals surface area (Å²) in [6, 6.07) is 8.56. The summed E-state index contributed by atoms with van der Waals surface area (Å²) in [5, 5.41) is 12.5. The fraction of sp³-hybridized carbons (Fsp3) is 0.0667. The third-order valence-electron chi connectivity index (χ3n) is 3.31. The molecule has 0 bridgehead atoms. The molecule has 8 heteroatoms. The van der Waals surface area contributed by atoms with Gasteiger partial charge in [-0.3, -0.25) is 0 Å². The minimum atomic E-state index is -1.23. The van der Waals surface area contributed by atoms with Gasteiger partial charge < -0.3 is 20.6 Å². The van der Waals surface area contributed by atoms with E-state index in [4.69, 9.17) is 10.2 Å². The van der Waals surface area contributed by atoms with Crippen LogP contribution in [0.3, 0.4) is 0 Å². The molecule has 4 N–H and O–H groups in total. The molecule has 3 aromatic rings. The number of aromatic nitrogens is 1. The van der Waals surface area contributed by atoms with Gasteiger partial charge >= 0.3 is 12.1 Å². The molecule has 0 aliphatic heterocycles. The van der Waals surface area contributed by atoms with Gasteiger partial charge in [0, 0.05) is 15.8 Å². The number of aromatic carboxylic acids is 1. The molecule has 0 unspecified atom stereocenters. The van der Waals surface area contributed by atoms with Gasteiger partial charge in [-0.1, -0.05) is 0 Å². The fourth-order valence-electron chi connectivity index (χ4n) is 2.29. The first-order valence-electron chi connectivity index (χ1n) is 6.57. The number of carbonyl (C=O) groups is 1. The Bertz CT molecular complexity index is 910. The Labute approximate surface area is 143 Å². The van der Waals surface area contributed by atoms with Crippen molar-refractivity contribution in [2.75, 3.05) is 5.32 Å². The summed E-state index contributed by atoms with van der Waals surface area (Å²) in [6.07, 6.45) is -1.07. The molecule has 2 aromatic carbocycles. The summed E-state index contributed by atoms with van der Waals surface area (Å²) in [7, 11) is 0. The van der Waals surface area contributed by atoms with E-state index in [1.165, 1.54) is 12.1 Å². The maximum atomic E-state index is 13.2. The van der Waals surface area contributed by atoms with Crippen molar-refractivity contribution in [2.24, 2.45) is 5.73 Å². The highest BCUT2D eigenvalue weighted by Crippen LogP contribution is 2.30. The number of oxazole rings is 1. The van der Waals surface area contributed by atoms with Crippen molar-refractivity contribution in [1.82, 2.24) is 4.98 Å². The average molecular weight is 427 g/mol. The number of nitrogens with zero attached hydrogens (tertiary/aromatic N) is 1. The lowest BCUT2D eigenvalue weighted by Gasteiger charge is -2.13. The number of rotatable bonds is 4. The lowest BCUT2D eigenvalue weighted by atomic mass is 10.1. The van der Waals surface area contributed by atoms with Crippen molar-refractivity contribution >= 4 is 51.0 Å². The van der Waals surface area contributed by atoms with Gasteiger partial charge in [-0.25, -0.2) is 4.79 Å². The number of nitrogens with one attached hydrogen (secondary N) is 1. The first kappa shape index (κ1) is 15.7. The Kier molecular flexibility index (Phi) is 4.18. The molecule has 6 nitrogen and oxygen atoms in total. The lowest BCUT2D eigenvalue weighted by Crippen LogP contribution is -2.07. The standard InChI is InChI=1S/C15H11FIN3O3/c16-15-20-13-11(23-15)4-3-10(12(13)14(21)22)19-9-2-1-8(17)5-7(9)6-18/h1-5,19H,6,18H2,(H,21,22). The smallest absolute Gasteiger partial charge is 0.382 e. The summed E-state index contributed by atoms with van der Waals surface area (Å²) in [5.41, 5.74) is 7.41. The average Bonchev–Trinajstić information content (AvgIpc) is 2.88. The molecule has 0 radical (unpaired) electrons. The number of halogens is 2. The van der Waals surface area contributed by atoms with Gasteiger partial charge in [0.2, 0.25) is 0 Å². The van der Waals surface area contributed by atoms with E-state index in [1.54, 1.807) is 0 Å². The molecule has 1 heterocycles. The van der Waals surface area contributed by atoms with Gasteiger partial charge in [-0.05, 0) is 58.5 Å². The Morgan fingerprint density at radius 2 is 2.09 bits per heavy atom. The number of benzene rings is 2. The molecule has 0 saturated heterocycles. The normalized spacial score (nSPS) is 10.9. The van der Waals surface area contributed by atoms with E-state index in [0.29, 0.717) is 12.2 Å². The molecule has 0 saturated carbocycles. The van der Waals surface area contributed by atoms with E-state index in [0.717, 1.165) is 9.13 Å². The van der Waals surface area contributed by atoms with Gasteiger partial charge in [0.05, 0.1) is 5.69 Å². The number of carboxylic acid groups (broad SMARTS) is 1. The second kappa shape index (κ2) is 6.13. The van der Waals surface area contributed by atoms with Gasteiger partial charge in [-0.15, -0.1) is 4.39 Å². The molecule has 0 aliphatic rings. The van der Waals surface area contributed by atoms with Crippen LogP contribution in [0.5, 0.6) is 0 Å². The van der Waals surface area contributed by atoms with Gasteiger partial charge in [-0.2, -0.15) is 4.98 Å². The van der Waals surface area contributed by atoms with Gasteiger partial charge in [0.25, 0.3) is 0 Å². The van der Waals surface area contributed by atoms with Crippen LogP contribution in [0, 0.1) is 9.71 Å². The molecule has 23 heavy (non-hydrogen) atoms. The number of hydrogen-bond acceptors (Lipinski definition) is 5. The Hall–Kier alpha value is -2.20. The summed E-state index contributed by atoms with van der Waals surface area (Å²) in [4.78, 5) is 15.1. The van der Waals surface area contributed by atoms with Crippen LogP contribution in [0.4, 0.5) is 15.8 Å². The van der Waals surface area contributed by atoms with Crippen LogP contribution >= 0.6 is 22.6 Å². The quantitative estimate of drug-likeness (QED) is 0.552. The highest BCUT2D eigenvalue weighted by Gasteiger charge is 2.20. The van der Waals surface area contributed by atoms with Gasteiger partial charge in [0.1, 0.15) is 11.1 Å². The number of fused-ring (bicyclic) bond motifs is 1. The zero-order chi connectivity index (χ0) is 16.6. The number of hydrogen-bond donors (Lipinski definition) is 3. The minimum Gasteiger partial charge on any atom is -0.478 e. The molecule has 0 atom stereocenters. The number of nitrogens with two attached hydrogens (primary N) is 1. The molecule has 118 valence electrons. The van der Waals surface area contributed by atoms with Crippen LogP contribution in [0.15, 0.2) is 34.7 Å². The van der Waals surface area contributed by atoms with Crippen molar-refractivity contribution < 1.29 is 18.7 Å². The molecular weight excluding hydrogens is 416 g/mol. The molecule has 0 amide bonds. The van der Waals surface area contributed by atoms with Crippen molar-refractivity contribution in [1.29, 1.82) is 0 Å². The van der Waals surface area contributed by atoms with Crippen molar-refractivity contribution in [3.63, 3.8) is 0 Å². The van der Waals surface area contributed by atoms with Crippen molar-refractivity contribution in [3.8, 4) is 0 Å². The minimum absolute atomic E-state index is 0.0418. The van der Waals surface area contributed by atoms with Crippen molar-refractivity contribution in [3.05, 3.63) is 51.2 Å². The van der Waals surface area contributed by atoms with E-state index in [-0.39, 0.29) is 22.4 Å². The SMILES string of the molecule is NCc1cc(I)ccc1Nc1ccc2oc(F)nc2c1C(=O)O. The molecule has 1 aromatic heterocycles. The Balaban J connectivity index is 2.13. The predicted octanol–water partition coefficient (Wildman–Crippen LogP) is 3.47. The third-order valence-corrected chi connectivity index (χ3v) is 3.98. The van der Waals surface area contributed by atoms with Crippen LogP contribution in [0.1, 0.15) is 15.9 Å². The Morgan fingerprint density at radius 1 is 1.35 bits per heavy atom. The van der Waals surface area contributed by atoms with Crippen LogP contribution in [0.25, 0.3) is 11.1 Å². The summed E-state index contributed by atoms with van der Waals surface area (Å²) in [6.45, 7) is 0.294. The summed E-state index contributed by atoms with van der Waals surface area (Å²) < 4.78 is 18.9. The Morgan fingerprint density at radius 3 is 2.78 bits per heavy atom. The third kappa shape index (κ3) is 2.99. The highest BCUT2D eigenvalue weighted by atomic mass is 127. The topological polar surface area (TPSA) is 101 Å². The van der Waals surface area contributed by atoms with Crippen molar-refractivity contribution in [2.45, 2.75) is 6.54 Å². The lowest BCUT2D eigenvalue weighted by molar-refractivity contribution is 0.0700. The van der Waals surface area contributed by atoms with Crippen LogP contribution in [0.2, 0.25) is 0 Å². The molecule has 0 spiro atoms. The summed E-state index contributed by atoms with van der Waals surface area (Å²) >= 11 is 2.17. The maximum absolute atomic E-state index is 13.2. The van der Waals surface area contributed by atoms with E-state index in [2.05, 4.69) is 32.9 Å². The summed E-state index contributed by atoms with van der Waals surface area (Å²) in [5.74, 6) is -1.23. The van der Waals surface area contributed by atoms with Crippen LogP contribution in [-0.2, 0) is 6.54 Å². The zero-order valence-electron chi connectivity index (χ0n) is 11.6. The van der Waals surface area contributed by atoms with Gasteiger partial charge in [0.15, 0.2) is 5.58 Å². The zero-order valence-corrected chi connectivity index (χ0v) is 13.8. The molecule has 0 aliphatic carbocycles. The molecule has 0 fully saturated rings. The molecule has 3 rings (SSSR count). The first-order chi connectivity index (χ1) is 11.0. The van der Waals surface area contributed by atoms with E-state index < -0.39 is 12.1 Å². The maximum Gasteiger partial charge on any atom is 0.382 e. The monoisotopic (exact) mass is 427 g/mol. The highest BCUT2D eigenvalue weighted by molar-refractivity contribution is 14.1. The number of carboxylic acids is 1. The second-order valence-electron chi connectivity index (χ2n) is 4.74. The predicted molar refractivity (Wildman–Crippen MR) is 91.3 cm³/mol. The number of anilines is 2. The van der Waals surface area contributed by atoms with E-state index in [9.17, 15) is 14.3 Å².